The normalized spacial score (nSPS) is 20.9. The van der Waals surface area contributed by atoms with E-state index in [0.717, 1.165) is 29.6 Å². The molecule has 1 aromatic carbocycles. The first-order valence-corrected chi connectivity index (χ1v) is 12.3. The van der Waals surface area contributed by atoms with Crippen LogP contribution in [0.1, 0.15) is 36.0 Å². The second kappa shape index (κ2) is 10.5. The van der Waals surface area contributed by atoms with Crippen molar-refractivity contribution in [2.24, 2.45) is 0 Å². The molecule has 2 aromatic heterocycles. The SMILES string of the molecule is C[C@@H]1CN([C@H](C)CNC(=O)[C@@H](Cc2c[nH]c3ccccc23)NC(=O)c2cccs2)C[C@H](C)O1. The van der Waals surface area contributed by atoms with E-state index in [0.29, 0.717) is 17.8 Å². The molecule has 3 heterocycles. The molecule has 0 bridgehead atoms. The number of aromatic amines is 1. The summed E-state index contributed by atoms with van der Waals surface area (Å²) in [6, 6.07) is 11.1. The largest absolute Gasteiger partial charge is 0.373 e. The number of H-pyrrole nitrogens is 1. The predicted molar refractivity (Wildman–Crippen MR) is 132 cm³/mol. The Hall–Kier alpha value is -2.68. The van der Waals surface area contributed by atoms with E-state index in [1.54, 1.807) is 6.07 Å². The van der Waals surface area contributed by atoms with Gasteiger partial charge in [0.1, 0.15) is 6.04 Å². The average Bonchev–Trinajstić information content (AvgIpc) is 3.47. The highest BCUT2D eigenvalue weighted by Crippen LogP contribution is 2.20. The third kappa shape index (κ3) is 5.82. The van der Waals surface area contributed by atoms with Gasteiger partial charge in [-0.2, -0.15) is 0 Å². The fourth-order valence-corrected chi connectivity index (χ4v) is 5.07. The van der Waals surface area contributed by atoms with E-state index in [4.69, 9.17) is 4.74 Å². The molecule has 0 spiro atoms. The maximum Gasteiger partial charge on any atom is 0.262 e. The molecule has 3 aromatic rings. The van der Waals surface area contributed by atoms with Gasteiger partial charge in [0.15, 0.2) is 0 Å². The van der Waals surface area contributed by atoms with Crippen LogP contribution >= 0.6 is 11.3 Å². The summed E-state index contributed by atoms with van der Waals surface area (Å²) in [5.41, 5.74) is 2.02. The topological polar surface area (TPSA) is 86.5 Å². The molecule has 0 radical (unpaired) electrons. The van der Waals surface area contributed by atoms with Crippen molar-refractivity contribution in [3.63, 3.8) is 0 Å². The molecule has 0 unspecified atom stereocenters. The number of nitrogens with one attached hydrogen (secondary N) is 3. The lowest BCUT2D eigenvalue weighted by Crippen LogP contribution is -2.54. The van der Waals surface area contributed by atoms with Crippen LogP contribution in [0.4, 0.5) is 0 Å². The summed E-state index contributed by atoms with van der Waals surface area (Å²) >= 11 is 1.36. The van der Waals surface area contributed by atoms with Crippen LogP contribution in [0.3, 0.4) is 0 Å². The first-order valence-electron chi connectivity index (χ1n) is 11.5. The molecule has 7 nitrogen and oxygen atoms in total. The number of ether oxygens (including phenoxy) is 1. The summed E-state index contributed by atoms with van der Waals surface area (Å²) in [5, 5.41) is 8.95. The van der Waals surface area contributed by atoms with Gasteiger partial charge in [-0.1, -0.05) is 24.3 Å². The number of hydrogen-bond acceptors (Lipinski definition) is 5. The Labute approximate surface area is 198 Å². The lowest BCUT2D eigenvalue weighted by atomic mass is 10.0. The Morgan fingerprint density at radius 3 is 2.67 bits per heavy atom. The van der Waals surface area contributed by atoms with Crippen LogP contribution in [0, 0.1) is 0 Å². The van der Waals surface area contributed by atoms with Crippen LogP contribution in [-0.4, -0.2) is 65.6 Å². The number of para-hydroxylation sites is 1. The zero-order chi connectivity index (χ0) is 23.4. The van der Waals surface area contributed by atoms with E-state index in [9.17, 15) is 9.59 Å². The second-order valence-corrected chi connectivity index (χ2v) is 9.82. The van der Waals surface area contributed by atoms with Crippen LogP contribution in [0.25, 0.3) is 10.9 Å². The number of nitrogens with zero attached hydrogens (tertiary/aromatic N) is 1. The van der Waals surface area contributed by atoms with Crippen molar-refractivity contribution in [3.8, 4) is 0 Å². The van der Waals surface area contributed by atoms with Gasteiger partial charge in [-0.05, 0) is 43.8 Å². The molecule has 33 heavy (non-hydrogen) atoms. The number of hydrogen-bond donors (Lipinski definition) is 3. The minimum absolute atomic E-state index is 0.171. The number of amides is 2. The Morgan fingerprint density at radius 2 is 1.94 bits per heavy atom. The van der Waals surface area contributed by atoms with Crippen molar-refractivity contribution in [3.05, 3.63) is 58.4 Å². The predicted octanol–water partition coefficient (Wildman–Crippen LogP) is 3.18. The fourth-order valence-electron chi connectivity index (χ4n) is 4.44. The minimum atomic E-state index is -0.673. The lowest BCUT2D eigenvalue weighted by molar-refractivity contribution is -0.123. The molecule has 1 fully saturated rings. The molecular formula is C25H32N4O3S. The number of fused-ring (bicyclic) bond motifs is 1. The number of carbonyl (C=O) groups is 2. The highest BCUT2D eigenvalue weighted by Gasteiger charge is 2.28. The molecule has 1 aliphatic heterocycles. The van der Waals surface area contributed by atoms with E-state index in [-0.39, 0.29) is 30.1 Å². The summed E-state index contributed by atoms with van der Waals surface area (Å²) in [5.74, 6) is -0.403. The van der Waals surface area contributed by atoms with Gasteiger partial charge in [0, 0.05) is 49.2 Å². The molecule has 8 heteroatoms. The minimum Gasteiger partial charge on any atom is -0.373 e. The van der Waals surface area contributed by atoms with Gasteiger partial charge in [0.05, 0.1) is 17.1 Å². The smallest absolute Gasteiger partial charge is 0.262 e. The van der Waals surface area contributed by atoms with Crippen molar-refractivity contribution in [1.29, 1.82) is 0 Å². The molecule has 1 aliphatic rings. The van der Waals surface area contributed by atoms with E-state index in [1.807, 2.05) is 41.9 Å². The van der Waals surface area contributed by atoms with Crippen molar-refractivity contribution in [2.45, 2.75) is 51.5 Å². The second-order valence-electron chi connectivity index (χ2n) is 8.87. The van der Waals surface area contributed by atoms with E-state index < -0.39 is 6.04 Å². The van der Waals surface area contributed by atoms with Gasteiger partial charge in [-0.3, -0.25) is 14.5 Å². The van der Waals surface area contributed by atoms with E-state index in [1.165, 1.54) is 11.3 Å². The zero-order valence-corrected chi connectivity index (χ0v) is 20.2. The molecule has 1 saturated heterocycles. The highest BCUT2D eigenvalue weighted by atomic mass is 32.1. The molecule has 4 atom stereocenters. The summed E-state index contributed by atoms with van der Waals surface area (Å²) in [6.07, 6.45) is 2.67. The third-order valence-electron chi connectivity index (χ3n) is 6.11. The van der Waals surface area contributed by atoms with Crippen LogP contribution in [0.15, 0.2) is 48.0 Å². The summed E-state index contributed by atoms with van der Waals surface area (Å²) in [4.78, 5) is 32.2. The summed E-state index contributed by atoms with van der Waals surface area (Å²) in [7, 11) is 0. The standard InChI is InChI=1S/C25H32N4O3S/c1-16(29-14-17(2)32-18(3)15-29)12-27-24(30)22(28-25(31)23-9-6-10-33-23)11-19-13-26-21-8-5-4-7-20(19)21/h4-10,13,16-18,22,26H,11-12,14-15H2,1-3H3,(H,27,30)(H,28,31)/t16-,17-,18+,22-/m1/s1. The summed E-state index contributed by atoms with van der Waals surface area (Å²) < 4.78 is 5.82. The van der Waals surface area contributed by atoms with E-state index in [2.05, 4.69) is 41.3 Å². The van der Waals surface area contributed by atoms with Gasteiger partial charge in [-0.25, -0.2) is 0 Å². The van der Waals surface area contributed by atoms with Gasteiger partial charge in [0.2, 0.25) is 5.91 Å². The highest BCUT2D eigenvalue weighted by molar-refractivity contribution is 7.12. The molecule has 3 N–H and O–H groups in total. The third-order valence-corrected chi connectivity index (χ3v) is 6.98. The Kier molecular flexibility index (Phi) is 7.47. The first-order chi connectivity index (χ1) is 15.9. The molecule has 2 amide bonds. The quantitative estimate of drug-likeness (QED) is 0.474. The maximum atomic E-state index is 13.3. The zero-order valence-electron chi connectivity index (χ0n) is 19.3. The maximum absolute atomic E-state index is 13.3. The fraction of sp³-hybridized carbons (Fsp3) is 0.440. The van der Waals surface area contributed by atoms with Crippen molar-refractivity contribution < 1.29 is 14.3 Å². The van der Waals surface area contributed by atoms with Crippen LogP contribution in [-0.2, 0) is 16.0 Å². The van der Waals surface area contributed by atoms with Crippen LogP contribution in [0.2, 0.25) is 0 Å². The Balaban J connectivity index is 1.45. The van der Waals surface area contributed by atoms with E-state index >= 15 is 0 Å². The number of benzene rings is 1. The van der Waals surface area contributed by atoms with Crippen molar-refractivity contribution >= 4 is 34.1 Å². The first kappa shape index (κ1) is 23.5. The van der Waals surface area contributed by atoms with Crippen LogP contribution < -0.4 is 10.6 Å². The average molecular weight is 469 g/mol. The Bertz CT molecular complexity index is 1070. The number of carbonyl (C=O) groups excluding carboxylic acids is 2. The number of thiophene rings is 1. The van der Waals surface area contributed by atoms with Gasteiger partial charge < -0.3 is 20.4 Å². The van der Waals surface area contributed by atoms with Crippen LogP contribution in [0.5, 0.6) is 0 Å². The van der Waals surface area contributed by atoms with Crippen molar-refractivity contribution in [2.75, 3.05) is 19.6 Å². The Morgan fingerprint density at radius 1 is 1.18 bits per heavy atom. The number of aromatic nitrogens is 1. The summed E-state index contributed by atoms with van der Waals surface area (Å²) in [6.45, 7) is 8.46. The van der Waals surface area contributed by atoms with Crippen molar-refractivity contribution in [1.82, 2.24) is 20.5 Å². The van der Waals surface area contributed by atoms with Gasteiger partial charge in [0.25, 0.3) is 5.91 Å². The lowest BCUT2D eigenvalue weighted by Gasteiger charge is -2.39. The van der Waals surface area contributed by atoms with Gasteiger partial charge >= 0.3 is 0 Å². The van der Waals surface area contributed by atoms with Gasteiger partial charge in [-0.15, -0.1) is 11.3 Å². The molecule has 176 valence electrons. The number of rotatable bonds is 8. The molecule has 0 saturated carbocycles. The molecule has 4 rings (SSSR count). The monoisotopic (exact) mass is 468 g/mol. The molecular weight excluding hydrogens is 436 g/mol. The molecule has 0 aliphatic carbocycles. The number of morpholine rings is 1.